The van der Waals surface area contributed by atoms with Gasteiger partial charge in [-0.05, 0) is 18.0 Å². The standard InChI is InChI=1S/C12H18N4O/c1-2-7-10(13)11-14-12(15-17-11)16-8-5-3-4-6-9-16/h1,10H,3-9,13H2. The fourth-order valence-electron chi connectivity index (χ4n) is 1.99. The van der Waals surface area contributed by atoms with Crippen molar-refractivity contribution in [3.05, 3.63) is 5.89 Å². The molecule has 0 amide bonds. The van der Waals surface area contributed by atoms with Crippen molar-refractivity contribution in [1.29, 1.82) is 0 Å². The van der Waals surface area contributed by atoms with Gasteiger partial charge in [0.2, 0.25) is 5.89 Å². The third-order valence-corrected chi connectivity index (χ3v) is 2.97. The van der Waals surface area contributed by atoms with E-state index in [0.717, 1.165) is 13.1 Å². The summed E-state index contributed by atoms with van der Waals surface area (Å²) in [6.45, 7) is 1.98. The lowest BCUT2D eigenvalue weighted by atomic mass is 10.2. The maximum Gasteiger partial charge on any atom is 0.266 e. The Hall–Kier alpha value is -1.54. The number of hydrogen-bond acceptors (Lipinski definition) is 5. The van der Waals surface area contributed by atoms with Gasteiger partial charge in [0.15, 0.2) is 0 Å². The van der Waals surface area contributed by atoms with Gasteiger partial charge in [0, 0.05) is 19.5 Å². The van der Waals surface area contributed by atoms with Crippen LogP contribution in [0.25, 0.3) is 0 Å². The van der Waals surface area contributed by atoms with E-state index in [1.807, 2.05) is 0 Å². The Kier molecular flexibility index (Phi) is 3.99. The summed E-state index contributed by atoms with van der Waals surface area (Å²) in [6.07, 6.45) is 10.5. The van der Waals surface area contributed by atoms with Gasteiger partial charge in [0.25, 0.3) is 5.95 Å². The van der Waals surface area contributed by atoms with Crippen LogP contribution >= 0.6 is 0 Å². The molecule has 0 aliphatic carbocycles. The molecule has 1 saturated heterocycles. The summed E-state index contributed by atoms with van der Waals surface area (Å²) in [5.41, 5.74) is 5.82. The Morgan fingerprint density at radius 2 is 2.06 bits per heavy atom. The molecule has 0 radical (unpaired) electrons. The summed E-state index contributed by atoms with van der Waals surface area (Å²) < 4.78 is 5.15. The minimum atomic E-state index is -0.353. The highest BCUT2D eigenvalue weighted by atomic mass is 16.5. The van der Waals surface area contributed by atoms with E-state index in [1.165, 1.54) is 25.7 Å². The van der Waals surface area contributed by atoms with Crippen LogP contribution in [0.5, 0.6) is 0 Å². The van der Waals surface area contributed by atoms with E-state index in [4.69, 9.17) is 16.7 Å². The zero-order valence-corrected chi connectivity index (χ0v) is 9.93. The Balaban J connectivity index is 2.04. The van der Waals surface area contributed by atoms with Crippen LogP contribution in [0.15, 0.2) is 4.52 Å². The molecule has 5 nitrogen and oxygen atoms in total. The van der Waals surface area contributed by atoms with Crippen molar-refractivity contribution in [2.75, 3.05) is 18.0 Å². The molecule has 1 unspecified atom stereocenters. The predicted octanol–water partition coefficient (Wildman–Crippen LogP) is 1.47. The van der Waals surface area contributed by atoms with Gasteiger partial charge in [-0.1, -0.05) is 12.8 Å². The quantitative estimate of drug-likeness (QED) is 0.802. The highest BCUT2D eigenvalue weighted by Crippen LogP contribution is 2.19. The highest BCUT2D eigenvalue weighted by Gasteiger charge is 2.18. The lowest BCUT2D eigenvalue weighted by Crippen LogP contribution is -2.25. The number of hydrogen-bond donors (Lipinski definition) is 1. The van der Waals surface area contributed by atoms with Crippen molar-refractivity contribution < 1.29 is 4.52 Å². The topological polar surface area (TPSA) is 68.2 Å². The van der Waals surface area contributed by atoms with Crippen LogP contribution in [0.3, 0.4) is 0 Å². The van der Waals surface area contributed by atoms with Gasteiger partial charge in [-0.3, -0.25) is 0 Å². The molecule has 0 saturated carbocycles. The van der Waals surface area contributed by atoms with Gasteiger partial charge >= 0.3 is 0 Å². The van der Waals surface area contributed by atoms with Gasteiger partial charge < -0.3 is 15.2 Å². The smallest absolute Gasteiger partial charge is 0.266 e. The SMILES string of the molecule is C#CCC(N)c1nc(N2CCCCCC2)no1. The molecule has 1 aliphatic heterocycles. The Bertz CT molecular complexity index is 387. The van der Waals surface area contributed by atoms with E-state index >= 15 is 0 Å². The van der Waals surface area contributed by atoms with Gasteiger partial charge in [0.1, 0.15) is 0 Å². The van der Waals surface area contributed by atoms with Crippen LogP contribution in [0.2, 0.25) is 0 Å². The van der Waals surface area contributed by atoms with Crippen LogP contribution in [0.4, 0.5) is 5.95 Å². The molecule has 1 aromatic heterocycles. The average Bonchev–Trinajstić information content (AvgIpc) is 2.66. The van der Waals surface area contributed by atoms with Gasteiger partial charge in [-0.15, -0.1) is 12.3 Å². The first-order valence-corrected chi connectivity index (χ1v) is 6.09. The van der Waals surface area contributed by atoms with Crippen molar-refractivity contribution in [1.82, 2.24) is 10.1 Å². The molecule has 0 spiro atoms. The molecule has 2 rings (SSSR count). The van der Waals surface area contributed by atoms with Crippen molar-refractivity contribution in [3.8, 4) is 12.3 Å². The highest BCUT2D eigenvalue weighted by molar-refractivity contribution is 5.28. The molecule has 1 atom stereocenters. The number of aromatic nitrogens is 2. The zero-order valence-electron chi connectivity index (χ0n) is 9.93. The number of rotatable bonds is 3. The minimum Gasteiger partial charge on any atom is -0.338 e. The molecule has 1 aromatic rings. The molecular weight excluding hydrogens is 216 g/mol. The number of terminal acetylenes is 1. The first-order valence-electron chi connectivity index (χ1n) is 6.09. The Morgan fingerprint density at radius 3 is 2.71 bits per heavy atom. The summed E-state index contributed by atoms with van der Waals surface area (Å²) in [6, 6.07) is -0.353. The average molecular weight is 234 g/mol. The van der Waals surface area contributed by atoms with Crippen LogP contribution in [0.1, 0.15) is 44.0 Å². The second-order valence-electron chi connectivity index (χ2n) is 4.35. The molecule has 1 aliphatic rings. The van der Waals surface area contributed by atoms with Crippen LogP contribution in [-0.2, 0) is 0 Å². The van der Waals surface area contributed by atoms with Crippen LogP contribution < -0.4 is 10.6 Å². The monoisotopic (exact) mass is 234 g/mol. The Labute approximate surface area is 101 Å². The summed E-state index contributed by atoms with van der Waals surface area (Å²) in [5, 5.41) is 3.98. The van der Waals surface area contributed by atoms with Crippen molar-refractivity contribution in [3.63, 3.8) is 0 Å². The van der Waals surface area contributed by atoms with E-state index < -0.39 is 0 Å². The molecule has 5 heteroatoms. The van der Waals surface area contributed by atoms with Crippen LogP contribution in [-0.4, -0.2) is 23.2 Å². The summed E-state index contributed by atoms with van der Waals surface area (Å²) >= 11 is 0. The lowest BCUT2D eigenvalue weighted by molar-refractivity contribution is 0.355. The molecule has 2 N–H and O–H groups in total. The maximum atomic E-state index is 5.82. The van der Waals surface area contributed by atoms with Crippen molar-refractivity contribution in [2.24, 2.45) is 5.73 Å². The Morgan fingerprint density at radius 1 is 1.35 bits per heavy atom. The molecule has 0 aromatic carbocycles. The second kappa shape index (κ2) is 5.69. The largest absolute Gasteiger partial charge is 0.338 e. The summed E-state index contributed by atoms with van der Waals surface area (Å²) in [4.78, 5) is 6.48. The van der Waals surface area contributed by atoms with Crippen molar-refractivity contribution >= 4 is 5.95 Å². The predicted molar refractivity (Wildman–Crippen MR) is 65.4 cm³/mol. The zero-order chi connectivity index (χ0) is 12.1. The molecular formula is C12H18N4O. The van der Waals surface area contributed by atoms with Gasteiger partial charge in [-0.25, -0.2) is 0 Å². The third kappa shape index (κ3) is 2.98. The number of nitrogens with zero attached hydrogens (tertiary/aromatic N) is 3. The van der Waals surface area contributed by atoms with E-state index in [1.54, 1.807) is 0 Å². The normalized spacial score (nSPS) is 18.5. The minimum absolute atomic E-state index is 0.353. The number of nitrogens with two attached hydrogens (primary N) is 1. The molecule has 1 fully saturated rings. The number of anilines is 1. The van der Waals surface area contributed by atoms with Crippen LogP contribution in [0, 0.1) is 12.3 Å². The van der Waals surface area contributed by atoms with E-state index in [0.29, 0.717) is 18.3 Å². The van der Waals surface area contributed by atoms with Gasteiger partial charge in [-0.2, -0.15) is 4.98 Å². The third-order valence-electron chi connectivity index (χ3n) is 2.97. The molecule has 0 bridgehead atoms. The molecule has 92 valence electrons. The maximum absolute atomic E-state index is 5.82. The first kappa shape index (κ1) is 11.9. The summed E-state index contributed by atoms with van der Waals surface area (Å²) in [7, 11) is 0. The van der Waals surface area contributed by atoms with Gasteiger partial charge in [0.05, 0.1) is 6.04 Å². The van der Waals surface area contributed by atoms with E-state index in [-0.39, 0.29) is 6.04 Å². The first-order chi connectivity index (χ1) is 8.31. The molecule has 2 heterocycles. The van der Waals surface area contributed by atoms with E-state index in [2.05, 4.69) is 21.0 Å². The summed E-state index contributed by atoms with van der Waals surface area (Å²) in [5.74, 6) is 3.58. The lowest BCUT2D eigenvalue weighted by Gasteiger charge is -2.16. The van der Waals surface area contributed by atoms with E-state index in [9.17, 15) is 0 Å². The van der Waals surface area contributed by atoms with Crippen molar-refractivity contribution in [2.45, 2.75) is 38.1 Å². The fraction of sp³-hybridized carbons (Fsp3) is 0.667. The molecule has 17 heavy (non-hydrogen) atoms. The second-order valence-corrected chi connectivity index (χ2v) is 4.35. The fourth-order valence-corrected chi connectivity index (χ4v) is 1.99.